The highest BCUT2D eigenvalue weighted by Crippen LogP contribution is 2.54. The molecule has 3 fully saturated rings. The molecule has 18 heavy (non-hydrogen) atoms. The molecule has 1 amide bonds. The van der Waals surface area contributed by atoms with E-state index < -0.39 is 0 Å². The maximum atomic E-state index is 12.4. The van der Waals surface area contributed by atoms with Gasteiger partial charge in [-0.25, -0.2) is 0 Å². The molecule has 2 atom stereocenters. The number of amides is 1. The number of fused-ring (bicyclic) bond motifs is 1. The zero-order valence-electron chi connectivity index (χ0n) is 10.7. The lowest BCUT2D eigenvalue weighted by Gasteiger charge is -2.35. The molecule has 0 spiro atoms. The molecule has 5 heteroatoms. The van der Waals surface area contributed by atoms with Crippen LogP contribution in [0.3, 0.4) is 0 Å². The van der Waals surface area contributed by atoms with E-state index in [-0.39, 0.29) is 0 Å². The number of piperazine rings is 1. The van der Waals surface area contributed by atoms with Crippen LogP contribution in [-0.2, 0) is 4.79 Å². The first-order valence-electron chi connectivity index (χ1n) is 6.93. The van der Waals surface area contributed by atoms with Crippen LogP contribution in [-0.4, -0.2) is 53.4 Å². The van der Waals surface area contributed by atoms with E-state index in [0.29, 0.717) is 23.4 Å². The number of nitrogens with zero attached hydrogens (tertiary/aromatic N) is 2. The van der Waals surface area contributed by atoms with Crippen LogP contribution < -0.4 is 5.73 Å². The molecule has 0 radical (unpaired) electrons. The van der Waals surface area contributed by atoms with Gasteiger partial charge in [-0.2, -0.15) is 0 Å². The quantitative estimate of drug-likeness (QED) is 0.755. The Kier molecular flexibility index (Phi) is 3.28. The van der Waals surface area contributed by atoms with Crippen molar-refractivity contribution in [1.82, 2.24) is 9.80 Å². The van der Waals surface area contributed by atoms with Crippen molar-refractivity contribution in [1.29, 1.82) is 0 Å². The summed E-state index contributed by atoms with van der Waals surface area (Å²) in [5.41, 5.74) is 5.55. The number of hydrogen-bond acceptors (Lipinski definition) is 3. The monoisotopic (exact) mass is 267 g/mol. The molecule has 1 saturated heterocycles. The highest BCUT2D eigenvalue weighted by Gasteiger charge is 2.48. The third kappa shape index (κ3) is 2.52. The van der Waals surface area contributed by atoms with Gasteiger partial charge in [0.2, 0.25) is 5.91 Å². The van der Waals surface area contributed by atoms with Crippen LogP contribution in [0.2, 0.25) is 0 Å². The molecule has 1 heterocycles. The van der Waals surface area contributed by atoms with Crippen molar-refractivity contribution < 1.29 is 4.79 Å². The van der Waals surface area contributed by atoms with Crippen molar-refractivity contribution in [2.75, 3.05) is 32.7 Å². The van der Waals surface area contributed by atoms with Gasteiger partial charge in [0.25, 0.3) is 0 Å². The molecular weight excluding hydrogens is 246 g/mol. The van der Waals surface area contributed by atoms with Crippen LogP contribution in [0.1, 0.15) is 19.3 Å². The topological polar surface area (TPSA) is 49.6 Å². The Bertz CT molecular complexity index is 355. The van der Waals surface area contributed by atoms with E-state index in [1.165, 1.54) is 6.42 Å². The van der Waals surface area contributed by atoms with Crippen LogP contribution in [0.5, 0.6) is 0 Å². The van der Waals surface area contributed by atoms with Crippen molar-refractivity contribution in [2.24, 2.45) is 23.5 Å². The normalized spacial score (nSPS) is 35.3. The Balaban J connectivity index is 1.47. The molecule has 2 aliphatic carbocycles. The molecule has 100 valence electrons. The van der Waals surface area contributed by atoms with Gasteiger partial charge >= 0.3 is 0 Å². The van der Waals surface area contributed by atoms with Crippen molar-refractivity contribution in [3.63, 3.8) is 0 Å². The molecule has 4 nitrogen and oxygen atoms in total. The second kappa shape index (κ2) is 4.78. The van der Waals surface area contributed by atoms with Gasteiger partial charge in [-0.3, -0.25) is 9.69 Å². The van der Waals surface area contributed by atoms with Gasteiger partial charge in [-0.15, -0.1) is 0 Å². The van der Waals surface area contributed by atoms with Gasteiger partial charge in [-0.1, -0.05) is 12.2 Å². The highest BCUT2D eigenvalue weighted by atomic mass is 32.1. The molecule has 0 aromatic heterocycles. The number of nitrogens with two attached hydrogens (primary N) is 1. The van der Waals surface area contributed by atoms with E-state index in [0.717, 1.165) is 50.9 Å². The first-order chi connectivity index (χ1) is 8.63. The lowest BCUT2D eigenvalue weighted by atomic mass is 10.0. The summed E-state index contributed by atoms with van der Waals surface area (Å²) in [6, 6.07) is 0. The van der Waals surface area contributed by atoms with Gasteiger partial charge in [-0.05, 0) is 31.1 Å². The van der Waals surface area contributed by atoms with Gasteiger partial charge in [0, 0.05) is 38.6 Å². The summed E-state index contributed by atoms with van der Waals surface area (Å²) in [7, 11) is 0. The standard InChI is InChI=1S/C13H21N3OS/c14-12(18)8-15-1-3-16(4-2-15)13(17)11-6-9-5-10(9)7-11/h9-11H,1-8H2,(H2,14,18). The first-order valence-corrected chi connectivity index (χ1v) is 7.33. The lowest BCUT2D eigenvalue weighted by molar-refractivity contribution is -0.137. The lowest BCUT2D eigenvalue weighted by Crippen LogP contribution is -2.51. The van der Waals surface area contributed by atoms with Crippen molar-refractivity contribution in [2.45, 2.75) is 19.3 Å². The minimum Gasteiger partial charge on any atom is -0.392 e. The Morgan fingerprint density at radius 2 is 1.72 bits per heavy atom. The van der Waals surface area contributed by atoms with Crippen LogP contribution >= 0.6 is 12.2 Å². The summed E-state index contributed by atoms with van der Waals surface area (Å²) in [5.74, 6) is 2.50. The Morgan fingerprint density at radius 3 is 2.28 bits per heavy atom. The van der Waals surface area contributed by atoms with Crippen LogP contribution in [0.15, 0.2) is 0 Å². The predicted octanol–water partition coefficient (Wildman–Crippen LogP) is 0.463. The van der Waals surface area contributed by atoms with Crippen molar-refractivity contribution >= 4 is 23.1 Å². The van der Waals surface area contributed by atoms with E-state index in [1.807, 2.05) is 4.90 Å². The predicted molar refractivity (Wildman–Crippen MR) is 74.1 cm³/mol. The van der Waals surface area contributed by atoms with Crippen LogP contribution in [0.4, 0.5) is 0 Å². The molecule has 0 bridgehead atoms. The molecule has 3 rings (SSSR count). The Hall–Kier alpha value is -0.680. The fraction of sp³-hybridized carbons (Fsp3) is 0.846. The maximum absolute atomic E-state index is 12.4. The summed E-state index contributed by atoms with van der Waals surface area (Å²) >= 11 is 4.92. The zero-order chi connectivity index (χ0) is 12.7. The van der Waals surface area contributed by atoms with E-state index in [4.69, 9.17) is 18.0 Å². The number of hydrogen-bond donors (Lipinski definition) is 1. The van der Waals surface area contributed by atoms with Gasteiger partial charge in [0.05, 0.1) is 4.99 Å². The summed E-state index contributed by atoms with van der Waals surface area (Å²) in [6.07, 6.45) is 3.68. The van der Waals surface area contributed by atoms with Crippen molar-refractivity contribution in [3.8, 4) is 0 Å². The SMILES string of the molecule is NC(=S)CN1CCN(C(=O)C2CC3CC3C2)CC1. The minimum atomic E-state index is 0.330. The van der Waals surface area contributed by atoms with E-state index >= 15 is 0 Å². The average molecular weight is 267 g/mol. The smallest absolute Gasteiger partial charge is 0.225 e. The van der Waals surface area contributed by atoms with Gasteiger partial charge in [0.1, 0.15) is 0 Å². The average Bonchev–Trinajstić information content (AvgIpc) is 2.95. The second-order valence-electron chi connectivity index (χ2n) is 5.99. The van der Waals surface area contributed by atoms with Crippen molar-refractivity contribution in [3.05, 3.63) is 0 Å². The number of rotatable bonds is 3. The Morgan fingerprint density at radius 1 is 1.11 bits per heavy atom. The minimum absolute atomic E-state index is 0.330. The Labute approximate surface area is 113 Å². The highest BCUT2D eigenvalue weighted by molar-refractivity contribution is 7.80. The summed E-state index contributed by atoms with van der Waals surface area (Å²) in [6.45, 7) is 4.18. The van der Waals surface area contributed by atoms with Crippen LogP contribution in [0, 0.1) is 17.8 Å². The molecule has 1 aliphatic heterocycles. The molecular formula is C13H21N3OS. The molecule has 2 saturated carbocycles. The third-order valence-corrected chi connectivity index (χ3v) is 4.79. The molecule has 2 N–H and O–H groups in total. The summed E-state index contributed by atoms with van der Waals surface area (Å²) in [5, 5.41) is 0. The van der Waals surface area contributed by atoms with E-state index in [1.54, 1.807) is 0 Å². The van der Waals surface area contributed by atoms with Gasteiger partial charge < -0.3 is 10.6 Å². The molecule has 2 unspecified atom stereocenters. The second-order valence-corrected chi connectivity index (χ2v) is 6.52. The molecule has 0 aromatic carbocycles. The molecule has 0 aromatic rings. The summed E-state index contributed by atoms with van der Waals surface area (Å²) < 4.78 is 0. The van der Waals surface area contributed by atoms with E-state index in [9.17, 15) is 4.79 Å². The van der Waals surface area contributed by atoms with E-state index in [2.05, 4.69) is 4.90 Å². The fourth-order valence-corrected chi connectivity index (χ4v) is 3.70. The number of carbonyl (C=O) groups excluding carboxylic acids is 1. The number of thiocarbonyl (C=S) groups is 1. The van der Waals surface area contributed by atoms with Crippen LogP contribution in [0.25, 0.3) is 0 Å². The fourth-order valence-electron chi connectivity index (χ4n) is 3.52. The van der Waals surface area contributed by atoms with Gasteiger partial charge in [0.15, 0.2) is 0 Å². The zero-order valence-corrected chi connectivity index (χ0v) is 11.5. The maximum Gasteiger partial charge on any atom is 0.225 e. The summed E-state index contributed by atoms with van der Waals surface area (Å²) in [4.78, 5) is 17.2. The first kappa shape index (κ1) is 12.4. The number of carbonyl (C=O) groups is 1. The molecule has 3 aliphatic rings. The largest absolute Gasteiger partial charge is 0.392 e. The third-order valence-electron chi connectivity index (χ3n) is 4.66.